The van der Waals surface area contributed by atoms with Crippen molar-refractivity contribution in [3.05, 3.63) is 16.9 Å². The Kier molecular flexibility index (Phi) is 2.64. The summed E-state index contributed by atoms with van der Waals surface area (Å²) in [5.41, 5.74) is 5.62. The Morgan fingerprint density at radius 3 is 2.86 bits per heavy atom. The number of hydrogen-bond donors (Lipinski definition) is 2. The third-order valence-corrected chi connectivity index (χ3v) is 3.15. The molecular weight excluding hydrogens is 246 g/mol. The van der Waals surface area contributed by atoms with Crippen LogP contribution in [0.15, 0.2) is 16.9 Å². The highest BCUT2D eigenvalue weighted by molar-refractivity contribution is 9.10. The lowest BCUT2D eigenvalue weighted by atomic mass is 9.96. The van der Waals surface area contributed by atoms with E-state index in [-0.39, 0.29) is 6.61 Å². The molecule has 3 N–H and O–H groups in total. The molecule has 1 unspecified atom stereocenters. The first-order valence-electron chi connectivity index (χ1n) is 4.72. The molecule has 1 atom stereocenters. The van der Waals surface area contributed by atoms with Gasteiger partial charge in [0.15, 0.2) is 0 Å². The molecule has 1 aromatic heterocycles. The number of nitrogens with two attached hydrogens (primary N) is 1. The van der Waals surface area contributed by atoms with Crippen molar-refractivity contribution in [1.29, 1.82) is 0 Å². The summed E-state index contributed by atoms with van der Waals surface area (Å²) in [6.07, 6.45) is 5.85. The van der Waals surface area contributed by atoms with Crippen molar-refractivity contribution in [3.63, 3.8) is 0 Å². The molecule has 78 valence electrons. The zero-order valence-electron chi connectivity index (χ0n) is 7.86. The van der Waals surface area contributed by atoms with E-state index in [4.69, 9.17) is 5.73 Å². The first kappa shape index (κ1) is 10.1. The highest BCUT2D eigenvalue weighted by Gasteiger charge is 2.42. The van der Waals surface area contributed by atoms with Crippen LogP contribution < -0.4 is 5.73 Å². The van der Waals surface area contributed by atoms with Gasteiger partial charge in [0.05, 0.1) is 29.4 Å². The molecule has 1 aliphatic carbocycles. The molecule has 0 amide bonds. The average Bonchev–Trinajstić information content (AvgIpc) is 2.93. The number of nitrogens with zero attached hydrogens (tertiary/aromatic N) is 2. The fourth-order valence-corrected chi connectivity index (χ4v) is 2.02. The molecule has 5 heteroatoms. The predicted octanol–water partition coefficient (Wildman–Crippen LogP) is 0.745. The van der Waals surface area contributed by atoms with E-state index < -0.39 is 5.54 Å². The molecule has 0 spiro atoms. The van der Waals surface area contributed by atoms with Crippen molar-refractivity contribution in [1.82, 2.24) is 9.78 Å². The number of hydrogen-bond acceptors (Lipinski definition) is 3. The molecular formula is C9H14BrN3O. The predicted molar refractivity (Wildman–Crippen MR) is 56.7 cm³/mol. The second-order valence-corrected chi connectivity index (χ2v) is 4.94. The Morgan fingerprint density at radius 2 is 2.43 bits per heavy atom. The quantitative estimate of drug-likeness (QED) is 0.839. The molecule has 0 aliphatic heterocycles. The lowest BCUT2D eigenvalue weighted by Gasteiger charge is -2.26. The fraction of sp³-hybridized carbons (Fsp3) is 0.667. The number of rotatable bonds is 4. The van der Waals surface area contributed by atoms with Crippen LogP contribution in [0.3, 0.4) is 0 Å². The van der Waals surface area contributed by atoms with Crippen LogP contribution >= 0.6 is 15.9 Å². The van der Waals surface area contributed by atoms with E-state index >= 15 is 0 Å². The summed E-state index contributed by atoms with van der Waals surface area (Å²) in [6.45, 7) is 0.606. The maximum atomic E-state index is 9.29. The van der Waals surface area contributed by atoms with E-state index in [1.807, 2.05) is 6.20 Å². The third kappa shape index (κ3) is 1.99. The lowest BCUT2D eigenvalue weighted by molar-refractivity contribution is 0.155. The van der Waals surface area contributed by atoms with Crippen molar-refractivity contribution in [3.8, 4) is 0 Å². The van der Waals surface area contributed by atoms with Gasteiger partial charge in [0, 0.05) is 6.20 Å². The van der Waals surface area contributed by atoms with Crippen LogP contribution in [-0.2, 0) is 6.54 Å². The smallest absolute Gasteiger partial charge is 0.0632 e. The Labute approximate surface area is 91.2 Å². The van der Waals surface area contributed by atoms with Gasteiger partial charge in [-0.25, -0.2) is 0 Å². The van der Waals surface area contributed by atoms with E-state index in [0.717, 1.165) is 17.3 Å². The molecule has 0 saturated heterocycles. The summed E-state index contributed by atoms with van der Waals surface area (Å²) in [5, 5.41) is 13.4. The Morgan fingerprint density at radius 1 is 1.71 bits per heavy atom. The molecule has 1 heterocycles. The van der Waals surface area contributed by atoms with E-state index in [2.05, 4.69) is 21.0 Å². The molecule has 4 nitrogen and oxygen atoms in total. The van der Waals surface area contributed by atoms with Crippen molar-refractivity contribution in [2.75, 3.05) is 6.61 Å². The zero-order chi connectivity index (χ0) is 10.2. The molecule has 1 fully saturated rings. The molecule has 0 bridgehead atoms. The van der Waals surface area contributed by atoms with Crippen LogP contribution in [-0.4, -0.2) is 27.0 Å². The van der Waals surface area contributed by atoms with Crippen molar-refractivity contribution < 1.29 is 5.11 Å². The molecule has 1 aromatic rings. The van der Waals surface area contributed by atoms with Gasteiger partial charge in [-0.15, -0.1) is 0 Å². The largest absolute Gasteiger partial charge is 0.394 e. The first-order chi connectivity index (χ1) is 6.64. The van der Waals surface area contributed by atoms with Crippen LogP contribution in [0.2, 0.25) is 0 Å². The highest BCUT2D eigenvalue weighted by atomic mass is 79.9. The molecule has 14 heavy (non-hydrogen) atoms. The van der Waals surface area contributed by atoms with Gasteiger partial charge in [-0.1, -0.05) is 0 Å². The Balaban J connectivity index is 2.07. The summed E-state index contributed by atoms with van der Waals surface area (Å²) < 4.78 is 2.71. The van der Waals surface area contributed by atoms with Gasteiger partial charge < -0.3 is 10.8 Å². The van der Waals surface area contributed by atoms with Gasteiger partial charge in [-0.2, -0.15) is 5.10 Å². The molecule has 2 rings (SSSR count). The van der Waals surface area contributed by atoms with E-state index in [1.165, 1.54) is 0 Å². The minimum Gasteiger partial charge on any atom is -0.394 e. The van der Waals surface area contributed by atoms with Crippen LogP contribution in [0.4, 0.5) is 0 Å². The second kappa shape index (κ2) is 3.64. The van der Waals surface area contributed by atoms with Gasteiger partial charge in [-0.3, -0.25) is 4.68 Å². The number of aliphatic hydroxyl groups excluding tert-OH is 1. The lowest BCUT2D eigenvalue weighted by Crippen LogP contribution is -2.49. The summed E-state index contributed by atoms with van der Waals surface area (Å²) in [5.74, 6) is 0.454. The van der Waals surface area contributed by atoms with Crippen LogP contribution in [0, 0.1) is 5.92 Å². The van der Waals surface area contributed by atoms with Crippen LogP contribution in [0.25, 0.3) is 0 Å². The maximum Gasteiger partial charge on any atom is 0.0632 e. The fourth-order valence-electron chi connectivity index (χ4n) is 1.69. The van der Waals surface area contributed by atoms with Gasteiger partial charge in [0.25, 0.3) is 0 Å². The molecule has 1 saturated carbocycles. The Hall–Kier alpha value is -0.390. The topological polar surface area (TPSA) is 64.1 Å². The zero-order valence-corrected chi connectivity index (χ0v) is 9.44. The monoisotopic (exact) mass is 259 g/mol. The Bertz CT molecular complexity index is 324. The minimum absolute atomic E-state index is 0.0230. The SMILES string of the molecule is NC(CO)(Cn1cc(Br)cn1)C1CC1. The van der Waals surface area contributed by atoms with Gasteiger partial charge in [-0.05, 0) is 34.7 Å². The van der Waals surface area contributed by atoms with E-state index in [9.17, 15) is 5.11 Å². The maximum absolute atomic E-state index is 9.29. The van der Waals surface area contributed by atoms with Crippen molar-refractivity contribution in [2.24, 2.45) is 11.7 Å². The summed E-state index contributed by atoms with van der Waals surface area (Å²) in [6, 6.07) is 0. The number of halogens is 1. The number of aromatic nitrogens is 2. The van der Waals surface area contributed by atoms with E-state index in [0.29, 0.717) is 12.5 Å². The third-order valence-electron chi connectivity index (χ3n) is 2.74. The minimum atomic E-state index is -0.495. The van der Waals surface area contributed by atoms with Crippen LogP contribution in [0.1, 0.15) is 12.8 Å². The second-order valence-electron chi connectivity index (χ2n) is 4.02. The highest BCUT2D eigenvalue weighted by Crippen LogP contribution is 2.38. The van der Waals surface area contributed by atoms with Crippen LogP contribution in [0.5, 0.6) is 0 Å². The normalized spacial score (nSPS) is 20.8. The standard InChI is InChI=1S/C9H14BrN3O/c10-8-3-12-13(4-8)5-9(11,6-14)7-1-2-7/h3-4,7,14H,1-2,5-6,11H2. The molecule has 1 aliphatic rings. The summed E-state index contributed by atoms with van der Waals surface area (Å²) in [4.78, 5) is 0. The van der Waals surface area contributed by atoms with Gasteiger partial charge in [0.2, 0.25) is 0 Å². The van der Waals surface area contributed by atoms with E-state index in [1.54, 1.807) is 10.9 Å². The van der Waals surface area contributed by atoms with Gasteiger partial charge in [0.1, 0.15) is 0 Å². The van der Waals surface area contributed by atoms with Gasteiger partial charge >= 0.3 is 0 Å². The summed E-state index contributed by atoms with van der Waals surface area (Å²) in [7, 11) is 0. The number of aliphatic hydroxyl groups is 1. The average molecular weight is 260 g/mol. The molecule has 0 radical (unpaired) electrons. The van der Waals surface area contributed by atoms with Crippen molar-refractivity contribution >= 4 is 15.9 Å². The summed E-state index contributed by atoms with van der Waals surface area (Å²) >= 11 is 3.33. The van der Waals surface area contributed by atoms with Crippen molar-refractivity contribution in [2.45, 2.75) is 24.9 Å². The first-order valence-corrected chi connectivity index (χ1v) is 5.51. The molecule has 0 aromatic carbocycles.